The summed E-state index contributed by atoms with van der Waals surface area (Å²) >= 11 is 6.01. The highest BCUT2D eigenvalue weighted by atomic mass is 35.5. The van der Waals surface area contributed by atoms with Gasteiger partial charge >= 0.3 is 0 Å². The number of rotatable bonds is 4. The molecule has 5 heteroatoms. The van der Waals surface area contributed by atoms with Gasteiger partial charge in [0.05, 0.1) is 0 Å². The van der Waals surface area contributed by atoms with Crippen molar-refractivity contribution in [1.82, 2.24) is 4.90 Å². The molecule has 0 atom stereocenters. The van der Waals surface area contributed by atoms with E-state index in [1.54, 1.807) is 24.3 Å². The molecule has 2 aromatic rings. The second-order valence-corrected chi connectivity index (χ2v) is 6.04. The Morgan fingerprint density at radius 1 is 1.13 bits per heavy atom. The van der Waals surface area contributed by atoms with Crippen molar-refractivity contribution in [2.75, 3.05) is 18.4 Å². The Balaban J connectivity index is 1.64. The minimum absolute atomic E-state index is 0.0752. The molecule has 0 unspecified atom stereocenters. The van der Waals surface area contributed by atoms with Gasteiger partial charge in [0.1, 0.15) is 5.82 Å². The SMILES string of the molecule is O=C(c1ccc(NCc2c(F)cccc2Cl)cc1)N1CCCC1. The lowest BCUT2D eigenvalue weighted by Gasteiger charge is -2.15. The van der Waals surface area contributed by atoms with E-state index < -0.39 is 0 Å². The number of hydrogen-bond acceptors (Lipinski definition) is 2. The number of amides is 1. The molecule has 3 rings (SSSR count). The molecular weight excluding hydrogens is 315 g/mol. The van der Waals surface area contributed by atoms with Crippen molar-refractivity contribution in [2.24, 2.45) is 0 Å². The van der Waals surface area contributed by atoms with Gasteiger partial charge in [0, 0.05) is 41.5 Å². The van der Waals surface area contributed by atoms with Gasteiger partial charge in [-0.05, 0) is 49.2 Å². The third kappa shape index (κ3) is 3.64. The summed E-state index contributed by atoms with van der Waals surface area (Å²) < 4.78 is 13.7. The van der Waals surface area contributed by atoms with Crippen LogP contribution >= 0.6 is 11.6 Å². The van der Waals surface area contributed by atoms with E-state index in [0.29, 0.717) is 22.7 Å². The van der Waals surface area contributed by atoms with Crippen LogP contribution in [0.25, 0.3) is 0 Å². The minimum Gasteiger partial charge on any atom is -0.381 e. The molecule has 0 radical (unpaired) electrons. The molecular formula is C18H18ClFN2O. The maximum Gasteiger partial charge on any atom is 0.253 e. The number of carbonyl (C=O) groups is 1. The lowest BCUT2D eigenvalue weighted by molar-refractivity contribution is 0.0793. The average molecular weight is 333 g/mol. The molecule has 23 heavy (non-hydrogen) atoms. The van der Waals surface area contributed by atoms with Crippen molar-refractivity contribution in [3.05, 3.63) is 64.4 Å². The van der Waals surface area contributed by atoms with Crippen molar-refractivity contribution in [2.45, 2.75) is 19.4 Å². The first-order chi connectivity index (χ1) is 11.1. The highest BCUT2D eigenvalue weighted by molar-refractivity contribution is 6.31. The van der Waals surface area contributed by atoms with Gasteiger partial charge in [0.15, 0.2) is 0 Å². The zero-order valence-electron chi connectivity index (χ0n) is 12.7. The first kappa shape index (κ1) is 15.8. The van der Waals surface area contributed by atoms with Crippen LogP contribution in [0.4, 0.5) is 10.1 Å². The molecule has 120 valence electrons. The smallest absolute Gasteiger partial charge is 0.253 e. The van der Waals surface area contributed by atoms with Crippen molar-refractivity contribution in [3.63, 3.8) is 0 Å². The van der Waals surface area contributed by atoms with Crippen LogP contribution in [0.15, 0.2) is 42.5 Å². The molecule has 0 bridgehead atoms. The standard InChI is InChI=1S/C18H18ClFN2O/c19-16-4-3-5-17(20)15(16)12-21-14-8-6-13(7-9-14)18(23)22-10-1-2-11-22/h3-9,21H,1-2,10-12H2. The maximum atomic E-state index is 13.7. The third-order valence-electron chi connectivity index (χ3n) is 4.06. The quantitative estimate of drug-likeness (QED) is 0.904. The van der Waals surface area contributed by atoms with Crippen LogP contribution in [0.2, 0.25) is 5.02 Å². The minimum atomic E-state index is -0.328. The third-order valence-corrected chi connectivity index (χ3v) is 4.41. The normalized spacial score (nSPS) is 14.1. The Bertz CT molecular complexity index is 676. The van der Waals surface area contributed by atoms with Crippen LogP contribution in [-0.4, -0.2) is 23.9 Å². The summed E-state index contributed by atoms with van der Waals surface area (Å²) in [5, 5.41) is 3.53. The highest BCUT2D eigenvalue weighted by Crippen LogP contribution is 2.21. The Morgan fingerprint density at radius 3 is 2.48 bits per heavy atom. The van der Waals surface area contributed by atoms with Crippen LogP contribution in [0, 0.1) is 5.82 Å². The Kier molecular flexibility index (Phi) is 4.82. The van der Waals surface area contributed by atoms with E-state index >= 15 is 0 Å². The molecule has 0 aliphatic carbocycles. The number of likely N-dealkylation sites (tertiary alicyclic amines) is 1. The number of anilines is 1. The number of hydrogen-bond donors (Lipinski definition) is 1. The van der Waals surface area contributed by atoms with Gasteiger partial charge in [-0.25, -0.2) is 4.39 Å². The van der Waals surface area contributed by atoms with Crippen molar-refractivity contribution in [1.29, 1.82) is 0 Å². The number of nitrogens with one attached hydrogen (secondary N) is 1. The van der Waals surface area contributed by atoms with Gasteiger partial charge in [0.25, 0.3) is 5.91 Å². The van der Waals surface area contributed by atoms with E-state index in [9.17, 15) is 9.18 Å². The van der Waals surface area contributed by atoms with Crippen molar-refractivity contribution >= 4 is 23.2 Å². The fraction of sp³-hybridized carbons (Fsp3) is 0.278. The summed E-state index contributed by atoms with van der Waals surface area (Å²) in [6.45, 7) is 1.97. The fourth-order valence-electron chi connectivity index (χ4n) is 2.73. The van der Waals surface area contributed by atoms with Gasteiger partial charge in [-0.1, -0.05) is 17.7 Å². The zero-order chi connectivity index (χ0) is 16.2. The number of benzene rings is 2. The van der Waals surface area contributed by atoms with E-state index in [2.05, 4.69) is 5.32 Å². The summed E-state index contributed by atoms with van der Waals surface area (Å²) in [5.41, 5.74) is 1.94. The summed E-state index contributed by atoms with van der Waals surface area (Å²) in [4.78, 5) is 14.1. The van der Waals surface area contributed by atoms with Gasteiger partial charge < -0.3 is 10.2 Å². The van der Waals surface area contributed by atoms with Crippen molar-refractivity contribution in [3.8, 4) is 0 Å². The number of halogens is 2. The highest BCUT2D eigenvalue weighted by Gasteiger charge is 2.19. The molecule has 0 saturated carbocycles. The lowest BCUT2D eigenvalue weighted by Crippen LogP contribution is -2.27. The van der Waals surface area contributed by atoms with E-state index in [1.807, 2.05) is 17.0 Å². The Hall–Kier alpha value is -2.07. The maximum absolute atomic E-state index is 13.7. The first-order valence-electron chi connectivity index (χ1n) is 7.71. The Labute approximate surface area is 140 Å². The molecule has 2 aromatic carbocycles. The molecule has 0 spiro atoms. The average Bonchev–Trinajstić information content (AvgIpc) is 3.09. The molecule has 1 aliphatic rings. The predicted octanol–water partition coefficient (Wildman–Crippen LogP) is 4.33. The molecule has 0 aromatic heterocycles. The summed E-state index contributed by atoms with van der Waals surface area (Å²) in [6, 6.07) is 11.9. The fourth-order valence-corrected chi connectivity index (χ4v) is 2.95. The van der Waals surface area contributed by atoms with Gasteiger partial charge in [-0.2, -0.15) is 0 Å². The molecule has 1 aliphatic heterocycles. The van der Waals surface area contributed by atoms with E-state index in [1.165, 1.54) is 6.07 Å². The molecule has 1 N–H and O–H groups in total. The summed E-state index contributed by atoms with van der Waals surface area (Å²) in [6.07, 6.45) is 2.16. The van der Waals surface area contributed by atoms with Crippen LogP contribution in [-0.2, 0) is 6.54 Å². The van der Waals surface area contributed by atoms with Crippen LogP contribution in [0.3, 0.4) is 0 Å². The van der Waals surface area contributed by atoms with E-state index in [-0.39, 0.29) is 11.7 Å². The first-order valence-corrected chi connectivity index (χ1v) is 8.09. The molecule has 1 heterocycles. The number of carbonyl (C=O) groups excluding carboxylic acids is 1. The summed E-state index contributed by atoms with van der Waals surface area (Å²) in [5.74, 6) is -0.253. The van der Waals surface area contributed by atoms with Gasteiger partial charge in [-0.15, -0.1) is 0 Å². The molecule has 1 amide bonds. The number of nitrogens with zero attached hydrogens (tertiary/aromatic N) is 1. The molecule has 3 nitrogen and oxygen atoms in total. The second-order valence-electron chi connectivity index (χ2n) is 5.63. The lowest BCUT2D eigenvalue weighted by atomic mass is 10.1. The van der Waals surface area contributed by atoms with Gasteiger partial charge in [-0.3, -0.25) is 4.79 Å². The molecule has 1 fully saturated rings. The van der Waals surface area contributed by atoms with Crippen molar-refractivity contribution < 1.29 is 9.18 Å². The van der Waals surface area contributed by atoms with E-state index in [4.69, 9.17) is 11.6 Å². The zero-order valence-corrected chi connectivity index (χ0v) is 13.4. The largest absolute Gasteiger partial charge is 0.381 e. The van der Waals surface area contributed by atoms with E-state index in [0.717, 1.165) is 31.6 Å². The van der Waals surface area contributed by atoms with Crippen LogP contribution in [0.1, 0.15) is 28.8 Å². The predicted molar refractivity (Wildman–Crippen MR) is 90.3 cm³/mol. The van der Waals surface area contributed by atoms with Crippen LogP contribution < -0.4 is 5.32 Å². The summed E-state index contributed by atoms with van der Waals surface area (Å²) in [7, 11) is 0. The topological polar surface area (TPSA) is 32.3 Å². The molecule has 1 saturated heterocycles. The monoisotopic (exact) mass is 332 g/mol. The Morgan fingerprint density at radius 2 is 1.83 bits per heavy atom. The van der Waals surface area contributed by atoms with Gasteiger partial charge in [0.2, 0.25) is 0 Å². The second kappa shape index (κ2) is 7.01. The van der Waals surface area contributed by atoms with Crippen LogP contribution in [0.5, 0.6) is 0 Å².